The highest BCUT2D eigenvalue weighted by Crippen LogP contribution is 2.51. The van der Waals surface area contributed by atoms with E-state index in [0.717, 1.165) is 17.6 Å². The molecule has 5 heteroatoms. The lowest BCUT2D eigenvalue weighted by atomic mass is 9.59. The largest absolute Gasteiger partial charge is 0.481 e. The summed E-state index contributed by atoms with van der Waals surface area (Å²) in [5.41, 5.74) is 2.21. The second-order valence-corrected chi connectivity index (χ2v) is 9.03. The predicted molar refractivity (Wildman–Crippen MR) is 111 cm³/mol. The van der Waals surface area contributed by atoms with Crippen LogP contribution in [-0.2, 0) is 14.4 Å². The average Bonchev–Trinajstić information content (AvgIpc) is 2.66. The molecular formula is C24H31NO4. The summed E-state index contributed by atoms with van der Waals surface area (Å²) in [6, 6.07) is 9.56. The predicted octanol–water partition coefficient (Wildman–Crippen LogP) is 4.05. The number of nitrogens with zero attached hydrogens (tertiary/aromatic N) is 1. The summed E-state index contributed by atoms with van der Waals surface area (Å²) in [4.78, 5) is 40.8. The minimum atomic E-state index is -1.01. The van der Waals surface area contributed by atoms with E-state index in [1.54, 1.807) is 4.90 Å². The second-order valence-electron chi connectivity index (χ2n) is 9.03. The van der Waals surface area contributed by atoms with E-state index in [1.165, 1.54) is 0 Å². The zero-order valence-electron chi connectivity index (χ0n) is 17.8. The van der Waals surface area contributed by atoms with Crippen molar-refractivity contribution in [3.8, 4) is 0 Å². The van der Waals surface area contributed by atoms with Gasteiger partial charge in [0.15, 0.2) is 5.78 Å². The first-order chi connectivity index (χ1) is 13.7. The molecule has 0 aliphatic heterocycles. The van der Waals surface area contributed by atoms with Gasteiger partial charge in [0.05, 0.1) is 11.8 Å². The maximum Gasteiger partial charge on any atom is 0.308 e. The molecule has 3 rings (SSSR count). The number of hydrogen-bond donors (Lipinski definition) is 1. The number of aliphatic carboxylic acids is 1. The Morgan fingerprint density at radius 2 is 1.72 bits per heavy atom. The number of carbonyl (C=O) groups excluding carboxylic acids is 2. The Morgan fingerprint density at radius 3 is 2.28 bits per heavy atom. The Hall–Kier alpha value is -2.43. The summed E-state index contributed by atoms with van der Waals surface area (Å²) in [6.07, 6.45) is 1.61. The van der Waals surface area contributed by atoms with Crippen LogP contribution < -0.4 is 0 Å². The van der Waals surface area contributed by atoms with Crippen molar-refractivity contribution in [1.82, 2.24) is 4.90 Å². The van der Waals surface area contributed by atoms with Crippen LogP contribution in [0.3, 0.4) is 0 Å². The molecule has 0 heterocycles. The van der Waals surface area contributed by atoms with Gasteiger partial charge in [-0.25, -0.2) is 0 Å². The SMILES string of the molecule is CCN(CC)C(=O)[C@@H]1C2=C(C[C@@H](c3ccccc3)[C@@H]1C(=O)O)CC(C)(C)CC2=O. The van der Waals surface area contributed by atoms with Crippen LogP contribution in [-0.4, -0.2) is 40.8 Å². The van der Waals surface area contributed by atoms with E-state index in [1.807, 2.05) is 44.2 Å². The maximum absolute atomic E-state index is 13.5. The topological polar surface area (TPSA) is 74.7 Å². The lowest BCUT2D eigenvalue weighted by Gasteiger charge is -2.44. The minimum Gasteiger partial charge on any atom is -0.481 e. The molecule has 0 fully saturated rings. The molecule has 2 aliphatic carbocycles. The standard InChI is InChI=1S/C24H31NO4/c1-5-25(6-2)22(27)21-19-16(13-24(3,4)14-18(19)26)12-17(20(21)23(28)29)15-10-8-7-9-11-15/h7-11,17,20-21H,5-6,12-14H2,1-4H3,(H,28,29)/t17-,20-,21+/m0/s1. The van der Waals surface area contributed by atoms with Crippen molar-refractivity contribution < 1.29 is 19.5 Å². The van der Waals surface area contributed by atoms with Gasteiger partial charge in [-0.3, -0.25) is 14.4 Å². The number of carboxylic acids is 1. The van der Waals surface area contributed by atoms with Crippen molar-refractivity contribution >= 4 is 17.7 Å². The van der Waals surface area contributed by atoms with Gasteiger partial charge in [-0.2, -0.15) is 0 Å². The highest BCUT2D eigenvalue weighted by molar-refractivity contribution is 6.05. The number of Topliss-reactive ketones (excluding diaryl/α,β-unsaturated/α-hetero) is 1. The van der Waals surface area contributed by atoms with Gasteiger partial charge in [-0.05, 0) is 37.7 Å². The number of ketones is 1. The number of carboxylic acid groups (broad SMARTS) is 1. The van der Waals surface area contributed by atoms with Crippen molar-refractivity contribution in [2.24, 2.45) is 17.3 Å². The molecule has 1 N–H and O–H groups in total. The van der Waals surface area contributed by atoms with Crippen LogP contribution >= 0.6 is 0 Å². The molecule has 156 valence electrons. The molecule has 0 aromatic heterocycles. The summed E-state index contributed by atoms with van der Waals surface area (Å²) < 4.78 is 0. The summed E-state index contributed by atoms with van der Waals surface area (Å²) in [5.74, 6) is -3.46. The van der Waals surface area contributed by atoms with Crippen LogP contribution in [0, 0.1) is 17.3 Å². The van der Waals surface area contributed by atoms with Gasteiger partial charge < -0.3 is 10.0 Å². The van der Waals surface area contributed by atoms with Crippen molar-refractivity contribution in [2.45, 2.75) is 52.9 Å². The first kappa shape index (κ1) is 21.3. The third kappa shape index (κ3) is 4.00. The van der Waals surface area contributed by atoms with E-state index in [4.69, 9.17) is 0 Å². The molecule has 1 aromatic rings. The molecule has 0 radical (unpaired) electrons. The summed E-state index contributed by atoms with van der Waals surface area (Å²) in [5, 5.41) is 10.2. The normalized spacial score (nSPS) is 26.1. The number of carbonyl (C=O) groups is 3. The Kier molecular flexibility index (Phi) is 5.97. The molecule has 2 aliphatic rings. The van der Waals surface area contributed by atoms with Gasteiger partial charge in [-0.15, -0.1) is 0 Å². The molecule has 29 heavy (non-hydrogen) atoms. The van der Waals surface area contributed by atoms with E-state index in [-0.39, 0.29) is 23.0 Å². The molecule has 3 atom stereocenters. The van der Waals surface area contributed by atoms with Gasteiger partial charge in [0.1, 0.15) is 0 Å². The first-order valence-electron chi connectivity index (χ1n) is 10.5. The van der Waals surface area contributed by atoms with E-state index in [0.29, 0.717) is 31.5 Å². The number of rotatable bonds is 5. The highest BCUT2D eigenvalue weighted by atomic mass is 16.4. The van der Waals surface area contributed by atoms with Gasteiger partial charge in [0, 0.05) is 31.0 Å². The Balaban J connectivity index is 2.19. The molecule has 0 saturated heterocycles. The lowest BCUT2D eigenvalue weighted by molar-refractivity contribution is -0.151. The fourth-order valence-corrected chi connectivity index (χ4v) is 5.19. The van der Waals surface area contributed by atoms with Crippen molar-refractivity contribution in [2.75, 3.05) is 13.1 Å². The zero-order valence-corrected chi connectivity index (χ0v) is 17.8. The zero-order chi connectivity index (χ0) is 21.3. The molecule has 5 nitrogen and oxygen atoms in total. The smallest absolute Gasteiger partial charge is 0.308 e. The lowest BCUT2D eigenvalue weighted by Crippen LogP contribution is -2.48. The quantitative estimate of drug-likeness (QED) is 0.813. The molecule has 0 spiro atoms. The number of allylic oxidation sites excluding steroid dienone is 1. The van der Waals surface area contributed by atoms with Crippen LogP contribution in [0.1, 0.15) is 58.4 Å². The monoisotopic (exact) mass is 397 g/mol. The number of hydrogen-bond acceptors (Lipinski definition) is 3. The average molecular weight is 398 g/mol. The first-order valence-corrected chi connectivity index (χ1v) is 10.5. The van der Waals surface area contributed by atoms with Crippen molar-refractivity contribution in [3.63, 3.8) is 0 Å². The molecular weight excluding hydrogens is 366 g/mol. The Labute approximate surface area is 172 Å². The van der Waals surface area contributed by atoms with Crippen molar-refractivity contribution in [1.29, 1.82) is 0 Å². The van der Waals surface area contributed by atoms with E-state index < -0.39 is 17.8 Å². The van der Waals surface area contributed by atoms with Gasteiger partial charge in [-0.1, -0.05) is 49.8 Å². The van der Waals surface area contributed by atoms with Gasteiger partial charge >= 0.3 is 5.97 Å². The van der Waals surface area contributed by atoms with Crippen LogP contribution in [0.25, 0.3) is 0 Å². The molecule has 1 amide bonds. The third-order valence-electron chi connectivity index (χ3n) is 6.44. The van der Waals surface area contributed by atoms with E-state index in [2.05, 4.69) is 13.8 Å². The fourth-order valence-electron chi connectivity index (χ4n) is 5.19. The van der Waals surface area contributed by atoms with Gasteiger partial charge in [0.25, 0.3) is 0 Å². The fraction of sp³-hybridized carbons (Fsp3) is 0.542. The van der Waals surface area contributed by atoms with Crippen LogP contribution in [0.2, 0.25) is 0 Å². The number of amides is 1. The van der Waals surface area contributed by atoms with Crippen molar-refractivity contribution in [3.05, 3.63) is 47.0 Å². The minimum absolute atomic E-state index is 0.0560. The Morgan fingerprint density at radius 1 is 1.10 bits per heavy atom. The summed E-state index contributed by atoms with van der Waals surface area (Å²) in [7, 11) is 0. The van der Waals surface area contributed by atoms with Crippen LogP contribution in [0.5, 0.6) is 0 Å². The Bertz CT molecular complexity index is 836. The van der Waals surface area contributed by atoms with Crippen LogP contribution in [0.15, 0.2) is 41.5 Å². The van der Waals surface area contributed by atoms with E-state index in [9.17, 15) is 19.5 Å². The highest BCUT2D eigenvalue weighted by Gasteiger charge is 2.51. The maximum atomic E-state index is 13.5. The molecule has 0 bridgehead atoms. The second kappa shape index (κ2) is 8.13. The third-order valence-corrected chi connectivity index (χ3v) is 6.44. The summed E-state index contributed by atoms with van der Waals surface area (Å²) in [6.45, 7) is 8.89. The van der Waals surface area contributed by atoms with Gasteiger partial charge in [0.2, 0.25) is 5.91 Å². The number of benzene rings is 1. The van der Waals surface area contributed by atoms with Crippen LogP contribution in [0.4, 0.5) is 0 Å². The summed E-state index contributed by atoms with van der Waals surface area (Å²) >= 11 is 0. The molecule has 0 unspecified atom stereocenters. The molecule has 1 aromatic carbocycles. The van der Waals surface area contributed by atoms with E-state index >= 15 is 0 Å². The molecule has 0 saturated carbocycles.